The summed E-state index contributed by atoms with van der Waals surface area (Å²) in [7, 11) is 0. The minimum Gasteiger partial charge on any atom is -0.396 e. The lowest BCUT2D eigenvalue weighted by Gasteiger charge is -2.08. The number of rotatable bonds is 3. The molecule has 104 valence electrons. The second-order valence-corrected chi connectivity index (χ2v) is 4.26. The summed E-state index contributed by atoms with van der Waals surface area (Å²) in [6, 6.07) is 6.60. The van der Waals surface area contributed by atoms with Gasteiger partial charge in [-0.25, -0.2) is 8.78 Å². The van der Waals surface area contributed by atoms with E-state index in [-0.39, 0.29) is 17.7 Å². The molecule has 0 aromatic heterocycles. The standard InChI is InChI=1S/C13H11F2N3O2/c14-9-3-1-7(2-4-9)5-8-6-10(16)11(15)12(17)13(8)18(19)20/h1-4,6H,5,16-17H2. The van der Waals surface area contributed by atoms with Gasteiger partial charge in [0.2, 0.25) is 0 Å². The fraction of sp³-hybridized carbons (Fsp3) is 0.0769. The lowest BCUT2D eigenvalue weighted by atomic mass is 10.0. The van der Waals surface area contributed by atoms with Crippen LogP contribution < -0.4 is 11.5 Å². The van der Waals surface area contributed by atoms with E-state index < -0.39 is 27.9 Å². The highest BCUT2D eigenvalue weighted by Crippen LogP contribution is 2.34. The molecular weight excluding hydrogens is 268 g/mol. The van der Waals surface area contributed by atoms with Crippen LogP contribution in [0.1, 0.15) is 11.1 Å². The molecule has 5 nitrogen and oxygen atoms in total. The van der Waals surface area contributed by atoms with Gasteiger partial charge in [-0.15, -0.1) is 0 Å². The molecule has 0 fully saturated rings. The number of hydrogen-bond donors (Lipinski definition) is 2. The highest BCUT2D eigenvalue weighted by Gasteiger charge is 2.23. The number of nitrogens with two attached hydrogens (primary N) is 2. The highest BCUT2D eigenvalue weighted by atomic mass is 19.1. The minimum atomic E-state index is -1.00. The molecule has 0 aliphatic carbocycles. The van der Waals surface area contributed by atoms with Crippen LogP contribution in [0, 0.1) is 21.7 Å². The molecule has 0 aliphatic rings. The summed E-state index contributed by atoms with van der Waals surface area (Å²) in [5.74, 6) is -1.42. The van der Waals surface area contributed by atoms with Crippen LogP contribution in [0.2, 0.25) is 0 Å². The summed E-state index contributed by atoms with van der Waals surface area (Å²) in [5, 5.41) is 11.0. The van der Waals surface area contributed by atoms with E-state index in [1.54, 1.807) is 0 Å². The largest absolute Gasteiger partial charge is 0.396 e. The second kappa shape index (κ2) is 5.12. The van der Waals surface area contributed by atoms with Crippen molar-refractivity contribution in [1.82, 2.24) is 0 Å². The van der Waals surface area contributed by atoms with Crippen molar-refractivity contribution in [3.8, 4) is 0 Å². The molecule has 0 saturated carbocycles. The van der Waals surface area contributed by atoms with Gasteiger partial charge in [-0.2, -0.15) is 0 Å². The molecule has 0 amide bonds. The molecule has 2 aromatic rings. The van der Waals surface area contributed by atoms with Crippen LogP contribution in [0.15, 0.2) is 30.3 Å². The molecule has 0 atom stereocenters. The third-order valence-corrected chi connectivity index (χ3v) is 2.87. The van der Waals surface area contributed by atoms with Gasteiger partial charge >= 0.3 is 0 Å². The number of hydrogen-bond acceptors (Lipinski definition) is 4. The lowest BCUT2D eigenvalue weighted by molar-refractivity contribution is -0.384. The fourth-order valence-electron chi connectivity index (χ4n) is 1.92. The average Bonchev–Trinajstić information content (AvgIpc) is 2.38. The SMILES string of the molecule is Nc1cc(Cc2ccc(F)cc2)c([N+](=O)[O-])c(N)c1F. The first-order valence-electron chi connectivity index (χ1n) is 5.65. The summed E-state index contributed by atoms with van der Waals surface area (Å²) in [4.78, 5) is 10.3. The topological polar surface area (TPSA) is 95.2 Å². The Morgan fingerprint density at radius 1 is 1.15 bits per heavy atom. The average molecular weight is 279 g/mol. The maximum absolute atomic E-state index is 13.5. The van der Waals surface area contributed by atoms with Crippen molar-refractivity contribution in [2.45, 2.75) is 6.42 Å². The maximum Gasteiger partial charge on any atom is 0.298 e. The van der Waals surface area contributed by atoms with Crippen LogP contribution in [0.5, 0.6) is 0 Å². The van der Waals surface area contributed by atoms with E-state index in [9.17, 15) is 18.9 Å². The molecule has 0 aliphatic heterocycles. The number of nitrogen functional groups attached to an aromatic ring is 2. The quantitative estimate of drug-likeness (QED) is 0.513. The zero-order valence-corrected chi connectivity index (χ0v) is 10.3. The smallest absolute Gasteiger partial charge is 0.298 e. The van der Waals surface area contributed by atoms with Crippen molar-refractivity contribution in [2.75, 3.05) is 11.5 Å². The number of benzene rings is 2. The van der Waals surface area contributed by atoms with Crippen molar-refractivity contribution in [2.24, 2.45) is 0 Å². The van der Waals surface area contributed by atoms with Gasteiger partial charge in [0.05, 0.1) is 10.6 Å². The van der Waals surface area contributed by atoms with Gasteiger partial charge < -0.3 is 11.5 Å². The molecule has 2 rings (SSSR count). The van der Waals surface area contributed by atoms with Crippen molar-refractivity contribution in [3.63, 3.8) is 0 Å². The van der Waals surface area contributed by atoms with Crippen LogP contribution >= 0.6 is 0 Å². The van der Waals surface area contributed by atoms with E-state index in [2.05, 4.69) is 0 Å². The monoisotopic (exact) mass is 279 g/mol. The van der Waals surface area contributed by atoms with Gasteiger partial charge in [0.15, 0.2) is 5.82 Å². The molecule has 7 heteroatoms. The van der Waals surface area contributed by atoms with Gasteiger partial charge in [-0.1, -0.05) is 12.1 Å². The van der Waals surface area contributed by atoms with Crippen molar-refractivity contribution >= 4 is 17.1 Å². The highest BCUT2D eigenvalue weighted by molar-refractivity contribution is 5.70. The predicted molar refractivity (Wildman–Crippen MR) is 71.1 cm³/mol. The summed E-state index contributed by atoms with van der Waals surface area (Å²) in [6.07, 6.45) is 0.102. The number of nitro groups is 1. The maximum atomic E-state index is 13.5. The van der Waals surface area contributed by atoms with E-state index >= 15 is 0 Å². The predicted octanol–water partition coefficient (Wildman–Crippen LogP) is 2.63. The van der Waals surface area contributed by atoms with E-state index in [4.69, 9.17) is 11.5 Å². The third-order valence-electron chi connectivity index (χ3n) is 2.87. The first-order valence-corrected chi connectivity index (χ1v) is 5.65. The van der Waals surface area contributed by atoms with E-state index in [0.29, 0.717) is 5.56 Å². The zero-order chi connectivity index (χ0) is 14.9. The normalized spacial score (nSPS) is 10.5. The number of nitrogens with zero attached hydrogens (tertiary/aromatic N) is 1. The zero-order valence-electron chi connectivity index (χ0n) is 10.3. The van der Waals surface area contributed by atoms with Crippen molar-refractivity contribution in [3.05, 3.63) is 63.2 Å². The lowest BCUT2D eigenvalue weighted by Crippen LogP contribution is -2.06. The molecule has 0 spiro atoms. The molecule has 0 radical (unpaired) electrons. The Morgan fingerprint density at radius 3 is 2.30 bits per heavy atom. The van der Waals surface area contributed by atoms with Crippen molar-refractivity contribution < 1.29 is 13.7 Å². The molecule has 2 aromatic carbocycles. The summed E-state index contributed by atoms with van der Waals surface area (Å²) < 4.78 is 26.3. The van der Waals surface area contributed by atoms with Crippen LogP contribution in [-0.4, -0.2) is 4.92 Å². The Balaban J connectivity index is 2.50. The Morgan fingerprint density at radius 2 is 1.75 bits per heavy atom. The van der Waals surface area contributed by atoms with Gasteiger partial charge in [0.1, 0.15) is 11.5 Å². The van der Waals surface area contributed by atoms with E-state index in [0.717, 1.165) is 0 Å². The van der Waals surface area contributed by atoms with Gasteiger partial charge in [-0.3, -0.25) is 10.1 Å². The number of nitro benzene ring substituents is 1. The molecule has 0 saturated heterocycles. The van der Waals surface area contributed by atoms with Gasteiger partial charge in [-0.05, 0) is 23.8 Å². The summed E-state index contributed by atoms with van der Waals surface area (Å²) in [6.45, 7) is 0. The third kappa shape index (κ3) is 2.51. The van der Waals surface area contributed by atoms with Gasteiger partial charge in [0.25, 0.3) is 5.69 Å². The molecule has 0 unspecified atom stereocenters. The number of anilines is 2. The Bertz CT molecular complexity index is 672. The van der Waals surface area contributed by atoms with Crippen LogP contribution in [0.4, 0.5) is 25.8 Å². The van der Waals surface area contributed by atoms with Crippen molar-refractivity contribution in [1.29, 1.82) is 0 Å². The first kappa shape index (κ1) is 13.7. The van der Waals surface area contributed by atoms with E-state index in [1.165, 1.54) is 30.3 Å². The Hall–Kier alpha value is -2.70. The number of halogens is 2. The van der Waals surface area contributed by atoms with E-state index in [1.807, 2.05) is 0 Å². The second-order valence-electron chi connectivity index (χ2n) is 4.26. The summed E-state index contributed by atoms with van der Waals surface area (Å²) >= 11 is 0. The van der Waals surface area contributed by atoms with Crippen LogP contribution in [0.25, 0.3) is 0 Å². The molecule has 0 heterocycles. The first-order chi connectivity index (χ1) is 9.40. The molecule has 4 N–H and O–H groups in total. The minimum absolute atomic E-state index is 0.102. The fourth-order valence-corrected chi connectivity index (χ4v) is 1.92. The van der Waals surface area contributed by atoms with Crippen LogP contribution in [0.3, 0.4) is 0 Å². The molecular formula is C13H11F2N3O2. The Labute approximate surface area is 113 Å². The van der Waals surface area contributed by atoms with Gasteiger partial charge in [0, 0.05) is 12.0 Å². The Kier molecular flexibility index (Phi) is 3.51. The summed E-state index contributed by atoms with van der Waals surface area (Å²) in [5.41, 5.74) is 10.3. The molecule has 0 bridgehead atoms. The molecule has 20 heavy (non-hydrogen) atoms. The van der Waals surface area contributed by atoms with Crippen LogP contribution in [-0.2, 0) is 6.42 Å².